The second-order valence-electron chi connectivity index (χ2n) is 5.06. The van der Waals surface area contributed by atoms with Crippen molar-refractivity contribution in [1.82, 2.24) is 9.73 Å². The molecule has 0 saturated heterocycles. The lowest BCUT2D eigenvalue weighted by molar-refractivity contribution is 0.0962. The molecule has 0 aliphatic carbocycles. The van der Waals surface area contributed by atoms with Crippen LogP contribution >= 0.6 is 0 Å². The zero-order chi connectivity index (χ0) is 17.6. The van der Waals surface area contributed by atoms with Crippen molar-refractivity contribution in [3.05, 3.63) is 60.2 Å². The quantitative estimate of drug-likeness (QED) is 0.754. The van der Waals surface area contributed by atoms with Gasteiger partial charge in [0, 0.05) is 18.7 Å². The maximum atomic E-state index is 12.5. The lowest BCUT2D eigenvalue weighted by Gasteiger charge is -2.18. The monoisotopic (exact) mass is 347 g/mol. The minimum Gasteiger partial charge on any atom is -0.298 e. The van der Waals surface area contributed by atoms with E-state index >= 15 is 0 Å². The highest BCUT2D eigenvalue weighted by molar-refractivity contribution is 7.89. The molecule has 0 fully saturated rings. The van der Waals surface area contributed by atoms with Crippen LogP contribution in [0.1, 0.15) is 24.2 Å². The fourth-order valence-corrected chi connectivity index (χ4v) is 3.74. The number of anilines is 1. The smallest absolute Gasteiger partial charge is 0.269 e. The number of hydrogen-bond acceptors (Lipinski definition) is 4. The highest BCUT2D eigenvalue weighted by atomic mass is 32.2. The van der Waals surface area contributed by atoms with Gasteiger partial charge in [-0.2, -0.15) is 4.31 Å². The van der Waals surface area contributed by atoms with Gasteiger partial charge in [-0.25, -0.2) is 8.42 Å². The standard InChI is InChI=1S/C17H21N3O3S/c1-3-20(4-2)24(22,23)16-12-8-9-14(13-16)17(21)19-18-15-10-6-5-7-11-15/h5-13,18H,3-4H2,1-2H3,(H,19,21). The molecular formula is C17H21N3O3S. The number of hydrazine groups is 1. The van der Waals surface area contributed by atoms with Gasteiger partial charge < -0.3 is 0 Å². The van der Waals surface area contributed by atoms with E-state index in [0.29, 0.717) is 13.1 Å². The molecule has 6 nitrogen and oxygen atoms in total. The Morgan fingerprint density at radius 1 is 1.00 bits per heavy atom. The molecule has 0 radical (unpaired) electrons. The molecule has 0 bridgehead atoms. The molecule has 0 aliphatic rings. The highest BCUT2D eigenvalue weighted by Gasteiger charge is 2.22. The van der Waals surface area contributed by atoms with Crippen LogP contribution in [0.15, 0.2) is 59.5 Å². The van der Waals surface area contributed by atoms with E-state index in [0.717, 1.165) is 5.69 Å². The fourth-order valence-electron chi connectivity index (χ4n) is 2.23. The van der Waals surface area contributed by atoms with E-state index in [4.69, 9.17) is 0 Å². The first-order valence-corrected chi connectivity index (χ1v) is 9.14. The number of amides is 1. The maximum absolute atomic E-state index is 12.5. The summed E-state index contributed by atoms with van der Waals surface area (Å²) in [5.74, 6) is -0.407. The average Bonchev–Trinajstić information content (AvgIpc) is 2.61. The van der Waals surface area contributed by atoms with Gasteiger partial charge in [0.2, 0.25) is 10.0 Å². The molecule has 0 aliphatic heterocycles. The van der Waals surface area contributed by atoms with E-state index in [9.17, 15) is 13.2 Å². The number of para-hydroxylation sites is 1. The second kappa shape index (κ2) is 7.94. The summed E-state index contributed by atoms with van der Waals surface area (Å²) in [6, 6.07) is 15.2. The van der Waals surface area contributed by atoms with E-state index < -0.39 is 15.9 Å². The molecule has 2 N–H and O–H groups in total. The number of sulfonamides is 1. The molecule has 0 spiro atoms. The maximum Gasteiger partial charge on any atom is 0.269 e. The van der Waals surface area contributed by atoms with Crippen LogP contribution in [-0.4, -0.2) is 31.7 Å². The summed E-state index contributed by atoms with van der Waals surface area (Å²) in [4.78, 5) is 12.3. The zero-order valence-corrected chi connectivity index (χ0v) is 14.5. The van der Waals surface area contributed by atoms with Crippen molar-refractivity contribution in [1.29, 1.82) is 0 Å². The van der Waals surface area contributed by atoms with Gasteiger partial charge in [0.25, 0.3) is 5.91 Å². The molecule has 24 heavy (non-hydrogen) atoms. The van der Waals surface area contributed by atoms with Crippen molar-refractivity contribution in [3.8, 4) is 0 Å². The molecular weight excluding hydrogens is 326 g/mol. The van der Waals surface area contributed by atoms with Gasteiger partial charge in [-0.15, -0.1) is 0 Å². The van der Waals surface area contributed by atoms with Crippen molar-refractivity contribution in [2.45, 2.75) is 18.7 Å². The van der Waals surface area contributed by atoms with Gasteiger partial charge in [0.1, 0.15) is 0 Å². The fraction of sp³-hybridized carbons (Fsp3) is 0.235. The normalized spacial score (nSPS) is 11.3. The Bertz CT molecular complexity index is 788. The van der Waals surface area contributed by atoms with Crippen LogP contribution in [0, 0.1) is 0 Å². The van der Waals surface area contributed by atoms with Gasteiger partial charge >= 0.3 is 0 Å². The Hall–Kier alpha value is -2.38. The SMILES string of the molecule is CCN(CC)S(=O)(=O)c1cccc(C(=O)NNc2ccccc2)c1. The Balaban J connectivity index is 2.16. The number of carbonyl (C=O) groups excluding carboxylic acids is 1. The molecule has 0 unspecified atom stereocenters. The predicted octanol–water partition coefficient (Wildman–Crippen LogP) is 2.47. The van der Waals surface area contributed by atoms with E-state index in [1.54, 1.807) is 26.0 Å². The van der Waals surface area contributed by atoms with Crippen molar-refractivity contribution in [2.24, 2.45) is 0 Å². The topological polar surface area (TPSA) is 78.5 Å². The third kappa shape index (κ3) is 4.12. The van der Waals surface area contributed by atoms with Crippen LogP contribution in [-0.2, 0) is 10.0 Å². The first-order chi connectivity index (χ1) is 11.5. The molecule has 128 valence electrons. The van der Waals surface area contributed by atoms with Crippen LogP contribution in [0.5, 0.6) is 0 Å². The van der Waals surface area contributed by atoms with E-state index in [-0.39, 0.29) is 10.5 Å². The van der Waals surface area contributed by atoms with Crippen LogP contribution in [0.3, 0.4) is 0 Å². The summed E-state index contributed by atoms with van der Waals surface area (Å²) < 4.78 is 26.4. The molecule has 7 heteroatoms. The first kappa shape index (κ1) is 18.0. The van der Waals surface area contributed by atoms with Crippen LogP contribution in [0.2, 0.25) is 0 Å². The van der Waals surface area contributed by atoms with Crippen molar-refractivity contribution in [2.75, 3.05) is 18.5 Å². The summed E-state index contributed by atoms with van der Waals surface area (Å²) in [5, 5.41) is 0. The van der Waals surface area contributed by atoms with Crippen molar-refractivity contribution in [3.63, 3.8) is 0 Å². The third-order valence-electron chi connectivity index (χ3n) is 3.53. The van der Waals surface area contributed by atoms with Gasteiger partial charge in [-0.05, 0) is 30.3 Å². The summed E-state index contributed by atoms with van der Waals surface area (Å²) in [5.41, 5.74) is 6.34. The number of carbonyl (C=O) groups is 1. The molecule has 2 aromatic carbocycles. The summed E-state index contributed by atoms with van der Waals surface area (Å²) >= 11 is 0. The number of rotatable bonds is 7. The molecule has 0 aromatic heterocycles. The highest BCUT2D eigenvalue weighted by Crippen LogP contribution is 2.17. The Morgan fingerprint density at radius 3 is 2.29 bits per heavy atom. The second-order valence-corrected chi connectivity index (χ2v) is 7.00. The zero-order valence-electron chi connectivity index (χ0n) is 13.7. The van der Waals surface area contributed by atoms with Crippen LogP contribution in [0.4, 0.5) is 5.69 Å². The minimum atomic E-state index is -3.59. The first-order valence-electron chi connectivity index (χ1n) is 7.70. The summed E-state index contributed by atoms with van der Waals surface area (Å²) in [6.45, 7) is 4.32. The van der Waals surface area contributed by atoms with Crippen LogP contribution < -0.4 is 10.9 Å². The Morgan fingerprint density at radius 2 is 1.67 bits per heavy atom. The minimum absolute atomic E-state index is 0.110. The van der Waals surface area contributed by atoms with Gasteiger partial charge in [-0.1, -0.05) is 38.1 Å². The average molecular weight is 347 g/mol. The molecule has 0 atom stereocenters. The van der Waals surface area contributed by atoms with E-state index in [1.807, 2.05) is 30.3 Å². The lowest BCUT2D eigenvalue weighted by Crippen LogP contribution is -2.31. The molecule has 0 heterocycles. The number of benzene rings is 2. The largest absolute Gasteiger partial charge is 0.298 e. The summed E-state index contributed by atoms with van der Waals surface area (Å²) in [6.07, 6.45) is 0. The lowest BCUT2D eigenvalue weighted by atomic mass is 10.2. The predicted molar refractivity (Wildman–Crippen MR) is 94.1 cm³/mol. The van der Waals surface area contributed by atoms with Gasteiger partial charge in [-0.3, -0.25) is 15.6 Å². The number of nitrogens with one attached hydrogen (secondary N) is 2. The Labute approximate surface area is 142 Å². The van der Waals surface area contributed by atoms with Gasteiger partial charge in [0.05, 0.1) is 10.6 Å². The Kier molecular flexibility index (Phi) is 5.94. The molecule has 2 aromatic rings. The number of hydrogen-bond donors (Lipinski definition) is 2. The van der Waals surface area contributed by atoms with E-state index in [2.05, 4.69) is 10.9 Å². The molecule has 0 saturated carbocycles. The van der Waals surface area contributed by atoms with Crippen molar-refractivity contribution < 1.29 is 13.2 Å². The molecule has 2 rings (SSSR count). The van der Waals surface area contributed by atoms with Gasteiger partial charge in [0.15, 0.2) is 0 Å². The number of nitrogens with zero attached hydrogens (tertiary/aromatic N) is 1. The summed E-state index contributed by atoms with van der Waals surface area (Å²) in [7, 11) is -3.59. The van der Waals surface area contributed by atoms with Crippen molar-refractivity contribution >= 4 is 21.6 Å². The van der Waals surface area contributed by atoms with E-state index in [1.165, 1.54) is 16.4 Å². The molecule has 1 amide bonds. The third-order valence-corrected chi connectivity index (χ3v) is 5.58. The van der Waals surface area contributed by atoms with Crippen LogP contribution in [0.25, 0.3) is 0 Å².